The Balaban J connectivity index is 1.89. The van der Waals surface area contributed by atoms with Crippen LogP contribution in [0.3, 0.4) is 0 Å². The van der Waals surface area contributed by atoms with Gasteiger partial charge in [-0.1, -0.05) is 19.8 Å². The second-order valence-electron chi connectivity index (χ2n) is 6.07. The summed E-state index contributed by atoms with van der Waals surface area (Å²) >= 11 is 0. The van der Waals surface area contributed by atoms with E-state index in [1.807, 2.05) is 6.92 Å². The maximum atomic E-state index is 12.1. The Hall–Kier alpha value is -1.55. The molecule has 2 unspecified atom stereocenters. The standard InChI is InChI=1S/C17H25NO3/c1-3-21-15-8-6-14(7-9-15)16(19)18-12-17(20)10-4-5-13(2)11-17/h6-9,13,20H,3-5,10-12H2,1-2H3,(H,18,19). The van der Waals surface area contributed by atoms with Gasteiger partial charge in [0, 0.05) is 12.1 Å². The Kier molecular flexibility index (Phi) is 5.23. The lowest BCUT2D eigenvalue weighted by Crippen LogP contribution is -2.45. The molecule has 0 spiro atoms. The minimum absolute atomic E-state index is 0.148. The van der Waals surface area contributed by atoms with Crippen molar-refractivity contribution in [3.05, 3.63) is 29.8 Å². The molecule has 1 fully saturated rings. The molecule has 0 radical (unpaired) electrons. The van der Waals surface area contributed by atoms with Gasteiger partial charge in [0.05, 0.1) is 12.2 Å². The second-order valence-corrected chi connectivity index (χ2v) is 6.07. The van der Waals surface area contributed by atoms with Crippen molar-refractivity contribution >= 4 is 5.91 Å². The van der Waals surface area contributed by atoms with Crippen LogP contribution >= 0.6 is 0 Å². The Morgan fingerprint density at radius 2 is 2.14 bits per heavy atom. The van der Waals surface area contributed by atoms with Crippen molar-refractivity contribution in [3.63, 3.8) is 0 Å². The third kappa shape index (κ3) is 4.46. The Morgan fingerprint density at radius 1 is 1.43 bits per heavy atom. The minimum atomic E-state index is -0.751. The quantitative estimate of drug-likeness (QED) is 0.877. The van der Waals surface area contributed by atoms with Crippen molar-refractivity contribution in [2.45, 2.75) is 45.1 Å². The average molecular weight is 291 g/mol. The van der Waals surface area contributed by atoms with E-state index < -0.39 is 5.60 Å². The van der Waals surface area contributed by atoms with E-state index in [0.717, 1.165) is 31.4 Å². The molecule has 1 aromatic rings. The number of hydrogen-bond acceptors (Lipinski definition) is 3. The van der Waals surface area contributed by atoms with E-state index in [1.54, 1.807) is 24.3 Å². The molecule has 1 amide bonds. The lowest BCUT2D eigenvalue weighted by molar-refractivity contribution is -0.0109. The number of amides is 1. The first-order valence-electron chi connectivity index (χ1n) is 7.76. The summed E-state index contributed by atoms with van der Waals surface area (Å²) in [7, 11) is 0. The maximum Gasteiger partial charge on any atom is 0.251 e. The van der Waals surface area contributed by atoms with Gasteiger partial charge >= 0.3 is 0 Å². The van der Waals surface area contributed by atoms with Crippen molar-refractivity contribution < 1.29 is 14.6 Å². The fraction of sp³-hybridized carbons (Fsp3) is 0.588. The summed E-state index contributed by atoms with van der Waals surface area (Å²) in [5, 5.41) is 13.4. The van der Waals surface area contributed by atoms with Crippen LogP contribution in [0.1, 0.15) is 49.9 Å². The summed E-state index contributed by atoms with van der Waals surface area (Å²) in [5.41, 5.74) is -0.163. The van der Waals surface area contributed by atoms with Crippen LogP contribution in [0.15, 0.2) is 24.3 Å². The average Bonchev–Trinajstić information content (AvgIpc) is 2.46. The molecule has 4 heteroatoms. The van der Waals surface area contributed by atoms with E-state index in [9.17, 15) is 9.90 Å². The number of carbonyl (C=O) groups is 1. The molecule has 2 N–H and O–H groups in total. The van der Waals surface area contributed by atoms with Gasteiger partial charge in [-0.25, -0.2) is 0 Å². The van der Waals surface area contributed by atoms with E-state index in [-0.39, 0.29) is 5.91 Å². The van der Waals surface area contributed by atoms with E-state index in [0.29, 0.717) is 24.6 Å². The van der Waals surface area contributed by atoms with Crippen LogP contribution in [-0.4, -0.2) is 29.8 Å². The molecule has 1 aliphatic rings. The van der Waals surface area contributed by atoms with Gasteiger partial charge < -0.3 is 15.2 Å². The molecular weight excluding hydrogens is 266 g/mol. The summed E-state index contributed by atoms with van der Waals surface area (Å²) < 4.78 is 5.35. The first kappa shape index (κ1) is 15.8. The molecule has 1 saturated carbocycles. The molecule has 0 aliphatic heterocycles. The van der Waals surface area contributed by atoms with Crippen molar-refractivity contribution in [1.82, 2.24) is 5.32 Å². The molecular formula is C17H25NO3. The van der Waals surface area contributed by atoms with Crippen LogP contribution in [-0.2, 0) is 0 Å². The van der Waals surface area contributed by atoms with Crippen molar-refractivity contribution in [3.8, 4) is 5.75 Å². The number of hydrogen-bond donors (Lipinski definition) is 2. The van der Waals surface area contributed by atoms with Gasteiger partial charge in [0.15, 0.2) is 0 Å². The zero-order valence-electron chi connectivity index (χ0n) is 12.9. The number of carbonyl (C=O) groups excluding carboxylic acids is 1. The molecule has 0 saturated heterocycles. The first-order valence-corrected chi connectivity index (χ1v) is 7.76. The van der Waals surface area contributed by atoms with Gasteiger partial charge in [-0.15, -0.1) is 0 Å². The number of nitrogens with one attached hydrogen (secondary N) is 1. The van der Waals surface area contributed by atoms with Crippen LogP contribution < -0.4 is 10.1 Å². The highest BCUT2D eigenvalue weighted by molar-refractivity contribution is 5.94. The van der Waals surface area contributed by atoms with Crippen LogP contribution in [0.2, 0.25) is 0 Å². The number of rotatable bonds is 5. The summed E-state index contributed by atoms with van der Waals surface area (Å²) in [6, 6.07) is 7.06. The molecule has 1 aromatic carbocycles. The molecule has 1 aliphatic carbocycles. The number of aliphatic hydroxyl groups is 1. The van der Waals surface area contributed by atoms with Gasteiger partial charge in [0.1, 0.15) is 5.75 Å². The fourth-order valence-corrected chi connectivity index (χ4v) is 3.01. The fourth-order valence-electron chi connectivity index (χ4n) is 3.01. The molecule has 0 aromatic heterocycles. The van der Waals surface area contributed by atoms with Crippen LogP contribution in [0.4, 0.5) is 0 Å². The topological polar surface area (TPSA) is 58.6 Å². The van der Waals surface area contributed by atoms with Gasteiger partial charge in [0.25, 0.3) is 5.91 Å². The summed E-state index contributed by atoms with van der Waals surface area (Å²) in [6.45, 7) is 5.00. The van der Waals surface area contributed by atoms with Crippen molar-refractivity contribution in [2.75, 3.05) is 13.2 Å². The summed E-state index contributed by atoms with van der Waals surface area (Å²) in [5.74, 6) is 1.13. The Bertz CT molecular complexity index is 471. The maximum absolute atomic E-state index is 12.1. The second kappa shape index (κ2) is 6.94. The molecule has 4 nitrogen and oxygen atoms in total. The monoisotopic (exact) mass is 291 g/mol. The van der Waals surface area contributed by atoms with Gasteiger partial charge in [-0.3, -0.25) is 4.79 Å². The predicted molar refractivity (Wildman–Crippen MR) is 82.5 cm³/mol. The molecule has 116 valence electrons. The molecule has 2 rings (SSSR count). The third-order valence-corrected chi connectivity index (χ3v) is 4.07. The minimum Gasteiger partial charge on any atom is -0.494 e. The molecule has 2 atom stereocenters. The zero-order valence-corrected chi connectivity index (χ0v) is 12.9. The van der Waals surface area contributed by atoms with E-state index in [1.165, 1.54) is 0 Å². The SMILES string of the molecule is CCOc1ccc(C(=O)NCC2(O)CCCC(C)C2)cc1. The predicted octanol–water partition coefficient (Wildman–Crippen LogP) is 2.76. The zero-order chi connectivity index (χ0) is 15.3. The van der Waals surface area contributed by atoms with Crippen LogP contribution in [0.5, 0.6) is 5.75 Å². The smallest absolute Gasteiger partial charge is 0.251 e. The van der Waals surface area contributed by atoms with Gasteiger partial charge in [-0.05, 0) is 49.9 Å². The van der Waals surface area contributed by atoms with E-state index in [2.05, 4.69) is 12.2 Å². The van der Waals surface area contributed by atoms with E-state index >= 15 is 0 Å². The van der Waals surface area contributed by atoms with Gasteiger partial charge in [0.2, 0.25) is 0 Å². The highest BCUT2D eigenvalue weighted by Crippen LogP contribution is 2.31. The summed E-state index contributed by atoms with van der Waals surface area (Å²) in [6.07, 6.45) is 3.71. The third-order valence-electron chi connectivity index (χ3n) is 4.07. The molecule has 0 heterocycles. The normalized spacial score (nSPS) is 25.4. The van der Waals surface area contributed by atoms with Gasteiger partial charge in [-0.2, -0.15) is 0 Å². The summed E-state index contributed by atoms with van der Waals surface area (Å²) in [4.78, 5) is 12.1. The highest BCUT2D eigenvalue weighted by atomic mass is 16.5. The number of benzene rings is 1. The molecule has 0 bridgehead atoms. The molecule has 21 heavy (non-hydrogen) atoms. The van der Waals surface area contributed by atoms with Crippen LogP contribution in [0.25, 0.3) is 0 Å². The largest absolute Gasteiger partial charge is 0.494 e. The lowest BCUT2D eigenvalue weighted by Gasteiger charge is -2.35. The number of ether oxygens (including phenoxy) is 1. The highest BCUT2D eigenvalue weighted by Gasteiger charge is 2.32. The first-order chi connectivity index (χ1) is 10.0. The van der Waals surface area contributed by atoms with Crippen LogP contribution in [0, 0.1) is 5.92 Å². The Morgan fingerprint density at radius 3 is 2.76 bits per heavy atom. The van der Waals surface area contributed by atoms with Crippen molar-refractivity contribution in [1.29, 1.82) is 0 Å². The van der Waals surface area contributed by atoms with Crippen molar-refractivity contribution in [2.24, 2.45) is 5.92 Å². The lowest BCUT2D eigenvalue weighted by atomic mass is 9.79. The van der Waals surface area contributed by atoms with E-state index in [4.69, 9.17) is 4.74 Å². The Labute approximate surface area is 126 Å².